The lowest BCUT2D eigenvalue weighted by molar-refractivity contribution is -0.274. The van der Waals surface area contributed by atoms with Crippen molar-refractivity contribution >= 4 is 26.8 Å². The van der Waals surface area contributed by atoms with Gasteiger partial charge in [0.25, 0.3) is 0 Å². The molecule has 0 radical (unpaired) electrons. The number of aryl methyl sites for hydroxylation is 1. The molecule has 0 saturated carbocycles. The maximum Gasteiger partial charge on any atom is 0.573 e. The molecule has 206 valence electrons. The van der Waals surface area contributed by atoms with Crippen molar-refractivity contribution in [2.24, 2.45) is 0 Å². The quantitative estimate of drug-likeness (QED) is 0.148. The topological polar surface area (TPSA) is 32.6 Å². The van der Waals surface area contributed by atoms with E-state index in [1.165, 1.54) is 12.1 Å². The van der Waals surface area contributed by atoms with Crippen LogP contribution in [0.1, 0.15) is 16.7 Å². The van der Waals surface area contributed by atoms with Crippen LogP contribution >= 0.6 is 15.9 Å². The Morgan fingerprint density at radius 2 is 1.43 bits per heavy atom. The van der Waals surface area contributed by atoms with Crippen LogP contribution < -0.4 is 14.2 Å². The van der Waals surface area contributed by atoms with Crippen LogP contribution in [0.5, 0.6) is 17.2 Å². The number of aromatic nitrogens is 1. The monoisotopic (exact) mass is 609 g/mol. The Morgan fingerprint density at radius 3 is 2.10 bits per heavy atom. The molecule has 5 rings (SSSR count). The van der Waals surface area contributed by atoms with E-state index in [0.717, 1.165) is 55.7 Å². The fourth-order valence-corrected chi connectivity index (χ4v) is 4.88. The molecule has 8 heteroatoms. The lowest BCUT2D eigenvalue weighted by atomic mass is 10.1. The Labute approximate surface area is 239 Å². The summed E-state index contributed by atoms with van der Waals surface area (Å²) < 4.78 is 56.2. The van der Waals surface area contributed by atoms with Gasteiger partial charge in [-0.15, -0.1) is 13.2 Å². The van der Waals surface area contributed by atoms with Crippen molar-refractivity contribution in [3.05, 3.63) is 114 Å². The third kappa shape index (κ3) is 6.62. The van der Waals surface area contributed by atoms with E-state index in [4.69, 9.17) is 9.47 Å². The third-order valence-corrected chi connectivity index (χ3v) is 6.83. The Morgan fingerprint density at radius 1 is 0.750 bits per heavy atom. The molecule has 0 aliphatic rings. The zero-order chi connectivity index (χ0) is 28.1. The average Bonchev–Trinajstić information content (AvgIpc) is 3.22. The molecule has 0 saturated heterocycles. The van der Waals surface area contributed by atoms with Crippen LogP contribution in [-0.4, -0.2) is 22.9 Å². The predicted molar refractivity (Wildman–Crippen MR) is 154 cm³/mol. The summed E-state index contributed by atoms with van der Waals surface area (Å²) in [6.45, 7) is 3.60. The van der Waals surface area contributed by atoms with E-state index >= 15 is 0 Å². The van der Waals surface area contributed by atoms with E-state index in [9.17, 15) is 13.2 Å². The molecular weight excluding hydrogens is 583 g/mol. The van der Waals surface area contributed by atoms with Gasteiger partial charge >= 0.3 is 6.36 Å². The van der Waals surface area contributed by atoms with E-state index in [0.29, 0.717) is 19.8 Å². The highest BCUT2D eigenvalue weighted by Crippen LogP contribution is 2.37. The summed E-state index contributed by atoms with van der Waals surface area (Å²) in [5.41, 5.74) is 5.82. The first-order valence-electron chi connectivity index (χ1n) is 12.7. The Hall–Kier alpha value is -3.91. The molecule has 0 fully saturated rings. The van der Waals surface area contributed by atoms with Gasteiger partial charge in [0.15, 0.2) is 0 Å². The van der Waals surface area contributed by atoms with Gasteiger partial charge < -0.3 is 18.8 Å². The first-order chi connectivity index (χ1) is 19.3. The van der Waals surface area contributed by atoms with Crippen molar-refractivity contribution in [3.63, 3.8) is 0 Å². The highest BCUT2D eigenvalue weighted by atomic mass is 79.9. The number of alkyl halides is 4. The van der Waals surface area contributed by atoms with Crippen LogP contribution in [0.15, 0.2) is 97.1 Å². The van der Waals surface area contributed by atoms with Gasteiger partial charge in [-0.2, -0.15) is 0 Å². The van der Waals surface area contributed by atoms with E-state index in [2.05, 4.69) is 25.2 Å². The zero-order valence-electron chi connectivity index (χ0n) is 21.7. The van der Waals surface area contributed by atoms with Gasteiger partial charge in [-0.3, -0.25) is 0 Å². The molecule has 40 heavy (non-hydrogen) atoms. The molecule has 5 aromatic rings. The van der Waals surface area contributed by atoms with Crippen LogP contribution in [0.25, 0.3) is 22.2 Å². The van der Waals surface area contributed by atoms with Crippen molar-refractivity contribution in [2.75, 3.05) is 11.9 Å². The summed E-state index contributed by atoms with van der Waals surface area (Å²) in [6.07, 6.45) is -4.74. The highest BCUT2D eigenvalue weighted by molar-refractivity contribution is 9.09. The highest BCUT2D eigenvalue weighted by Gasteiger charge is 2.31. The SMILES string of the molecule is Cc1c(-c2ccc(OC(F)(F)F)cc2)n(Cc2ccc(OCCBr)cc2)c2ccc(OCc3ccccc3)cc12. The third-order valence-electron chi connectivity index (χ3n) is 6.51. The van der Waals surface area contributed by atoms with Gasteiger partial charge in [-0.1, -0.05) is 58.4 Å². The molecule has 0 spiro atoms. The minimum Gasteiger partial charge on any atom is -0.493 e. The van der Waals surface area contributed by atoms with Crippen molar-refractivity contribution in [3.8, 4) is 28.5 Å². The van der Waals surface area contributed by atoms with Gasteiger partial charge in [-0.05, 0) is 83.8 Å². The largest absolute Gasteiger partial charge is 0.573 e. The normalized spacial score (nSPS) is 11.5. The molecule has 0 aliphatic carbocycles. The van der Waals surface area contributed by atoms with Crippen LogP contribution in [0, 0.1) is 6.92 Å². The number of halogens is 4. The van der Waals surface area contributed by atoms with E-state index in [-0.39, 0.29) is 5.75 Å². The van der Waals surface area contributed by atoms with Crippen LogP contribution in [0.4, 0.5) is 13.2 Å². The van der Waals surface area contributed by atoms with Gasteiger partial charge in [0.2, 0.25) is 0 Å². The lowest BCUT2D eigenvalue weighted by Crippen LogP contribution is -2.16. The lowest BCUT2D eigenvalue weighted by Gasteiger charge is -2.14. The summed E-state index contributed by atoms with van der Waals surface area (Å²) in [5.74, 6) is 1.27. The molecule has 0 atom stereocenters. The van der Waals surface area contributed by atoms with Crippen LogP contribution in [0.2, 0.25) is 0 Å². The van der Waals surface area contributed by atoms with Crippen molar-refractivity contribution in [1.29, 1.82) is 0 Å². The second-order valence-electron chi connectivity index (χ2n) is 9.27. The Bertz CT molecular complexity index is 1560. The molecule has 1 heterocycles. The molecule has 1 aromatic heterocycles. The number of hydrogen-bond donors (Lipinski definition) is 0. The second-order valence-corrected chi connectivity index (χ2v) is 10.1. The van der Waals surface area contributed by atoms with Crippen LogP contribution in [0.3, 0.4) is 0 Å². The van der Waals surface area contributed by atoms with Crippen molar-refractivity contribution in [2.45, 2.75) is 26.4 Å². The van der Waals surface area contributed by atoms with E-state index < -0.39 is 6.36 Å². The van der Waals surface area contributed by atoms with Gasteiger partial charge in [0.1, 0.15) is 23.9 Å². The maximum atomic E-state index is 12.7. The van der Waals surface area contributed by atoms with Crippen molar-refractivity contribution in [1.82, 2.24) is 4.57 Å². The minimum atomic E-state index is -4.74. The number of benzene rings is 4. The summed E-state index contributed by atoms with van der Waals surface area (Å²) >= 11 is 3.37. The summed E-state index contributed by atoms with van der Waals surface area (Å²) in [6, 6.07) is 29.9. The summed E-state index contributed by atoms with van der Waals surface area (Å²) in [7, 11) is 0. The van der Waals surface area contributed by atoms with E-state index in [1.807, 2.05) is 79.7 Å². The standard InChI is InChI=1S/C32H27BrF3NO3/c1-22-29-19-28(39-21-24-5-3-2-4-6-24)15-16-30(29)37(20-23-7-11-26(12-8-23)38-18-17-33)31(22)25-9-13-27(14-10-25)40-32(34,35)36/h2-16,19H,17-18,20-21H2,1H3. The average molecular weight is 610 g/mol. The minimum absolute atomic E-state index is 0.257. The number of hydrogen-bond acceptors (Lipinski definition) is 3. The zero-order valence-corrected chi connectivity index (χ0v) is 23.3. The Balaban J connectivity index is 1.51. The molecule has 4 aromatic carbocycles. The van der Waals surface area contributed by atoms with Gasteiger partial charge in [0, 0.05) is 22.8 Å². The molecule has 0 N–H and O–H groups in total. The van der Waals surface area contributed by atoms with Gasteiger partial charge in [0.05, 0.1) is 12.3 Å². The predicted octanol–water partition coefficient (Wildman–Crippen LogP) is 8.92. The maximum absolute atomic E-state index is 12.7. The first-order valence-corrected chi connectivity index (χ1v) is 13.9. The number of rotatable bonds is 10. The van der Waals surface area contributed by atoms with Crippen molar-refractivity contribution < 1.29 is 27.4 Å². The van der Waals surface area contributed by atoms with E-state index in [1.54, 1.807) is 12.1 Å². The number of fused-ring (bicyclic) bond motifs is 1. The van der Waals surface area contributed by atoms with Crippen LogP contribution in [-0.2, 0) is 13.2 Å². The molecule has 0 amide bonds. The fraction of sp³-hybridized carbons (Fsp3) is 0.188. The summed E-state index contributed by atoms with van der Waals surface area (Å²) in [4.78, 5) is 0. The smallest absolute Gasteiger partial charge is 0.493 e. The molecule has 4 nitrogen and oxygen atoms in total. The molecule has 0 bridgehead atoms. The van der Waals surface area contributed by atoms with Gasteiger partial charge in [-0.25, -0.2) is 0 Å². The number of nitrogens with zero attached hydrogens (tertiary/aromatic N) is 1. The number of ether oxygens (including phenoxy) is 3. The fourth-order valence-electron chi connectivity index (χ4n) is 4.71. The first kappa shape index (κ1) is 27.6. The molecular formula is C32H27BrF3NO3. The summed E-state index contributed by atoms with van der Waals surface area (Å²) in [5, 5.41) is 1.75. The molecule has 0 unspecified atom stereocenters. The second kappa shape index (κ2) is 12.1. The Kier molecular flexibility index (Phi) is 8.35. The molecule has 0 aliphatic heterocycles.